The Morgan fingerprint density at radius 3 is 2.50 bits per heavy atom. The van der Waals surface area contributed by atoms with Crippen LogP contribution in [0, 0.1) is 5.82 Å². The number of rotatable bonds is 5. The molecular formula is C21H16FN5O. The van der Waals surface area contributed by atoms with Crippen LogP contribution in [0.5, 0.6) is 0 Å². The fourth-order valence-corrected chi connectivity index (χ4v) is 2.76. The topological polar surface area (TPSA) is 72.7 Å². The predicted molar refractivity (Wildman–Crippen MR) is 102 cm³/mol. The predicted octanol–water partition coefficient (Wildman–Crippen LogP) is 3.40. The zero-order valence-corrected chi connectivity index (χ0v) is 14.8. The van der Waals surface area contributed by atoms with Crippen molar-refractivity contribution in [1.29, 1.82) is 0 Å². The van der Waals surface area contributed by atoms with Crippen LogP contribution in [0.4, 0.5) is 4.39 Å². The van der Waals surface area contributed by atoms with Gasteiger partial charge in [-0.05, 0) is 54.6 Å². The first-order valence-corrected chi connectivity index (χ1v) is 8.65. The smallest absolute Gasteiger partial charge is 0.272 e. The van der Waals surface area contributed by atoms with Gasteiger partial charge in [-0.1, -0.05) is 6.07 Å². The number of nitrogens with one attached hydrogen (secondary N) is 1. The third kappa shape index (κ3) is 3.78. The van der Waals surface area contributed by atoms with E-state index in [2.05, 4.69) is 20.4 Å². The maximum Gasteiger partial charge on any atom is 0.272 e. The quantitative estimate of drug-likeness (QED) is 0.582. The molecule has 3 aromatic heterocycles. The molecule has 0 bridgehead atoms. The molecule has 28 heavy (non-hydrogen) atoms. The summed E-state index contributed by atoms with van der Waals surface area (Å²) in [6.45, 7) is 0.299. The van der Waals surface area contributed by atoms with Gasteiger partial charge in [-0.15, -0.1) is 0 Å². The van der Waals surface area contributed by atoms with E-state index >= 15 is 0 Å². The summed E-state index contributed by atoms with van der Waals surface area (Å²) in [5, 5.41) is 7.26. The fraction of sp³-hybridized carbons (Fsp3) is 0.0476. The van der Waals surface area contributed by atoms with Crippen LogP contribution in [0.3, 0.4) is 0 Å². The number of aromatic nitrogens is 4. The molecule has 0 saturated carbocycles. The van der Waals surface area contributed by atoms with Gasteiger partial charge in [-0.2, -0.15) is 5.10 Å². The van der Waals surface area contributed by atoms with Gasteiger partial charge < -0.3 is 5.32 Å². The second-order valence-electron chi connectivity index (χ2n) is 6.04. The second-order valence-corrected chi connectivity index (χ2v) is 6.04. The zero-order chi connectivity index (χ0) is 19.3. The summed E-state index contributed by atoms with van der Waals surface area (Å²) in [6.07, 6.45) is 5.00. The number of pyridine rings is 2. The van der Waals surface area contributed by atoms with Gasteiger partial charge in [0.1, 0.15) is 5.82 Å². The summed E-state index contributed by atoms with van der Waals surface area (Å²) in [5.41, 5.74) is 3.21. The second kappa shape index (κ2) is 7.79. The van der Waals surface area contributed by atoms with Gasteiger partial charge in [0.25, 0.3) is 5.91 Å². The van der Waals surface area contributed by atoms with Crippen molar-refractivity contribution in [1.82, 2.24) is 25.1 Å². The van der Waals surface area contributed by atoms with Crippen molar-refractivity contribution in [3.8, 4) is 16.9 Å². The number of amides is 1. The van der Waals surface area contributed by atoms with E-state index in [1.54, 1.807) is 41.5 Å². The van der Waals surface area contributed by atoms with Gasteiger partial charge in [0, 0.05) is 24.2 Å². The molecule has 7 heteroatoms. The molecular weight excluding hydrogens is 357 g/mol. The van der Waals surface area contributed by atoms with Crippen molar-refractivity contribution in [2.75, 3.05) is 0 Å². The van der Waals surface area contributed by atoms with Crippen molar-refractivity contribution in [3.05, 3.63) is 96.5 Å². The van der Waals surface area contributed by atoms with Crippen LogP contribution in [-0.4, -0.2) is 25.7 Å². The molecule has 1 amide bonds. The molecule has 3 heterocycles. The maximum atomic E-state index is 13.3. The molecule has 6 nitrogen and oxygen atoms in total. The van der Waals surface area contributed by atoms with E-state index in [1.165, 1.54) is 12.1 Å². The standard InChI is InChI=1S/C21H16FN5O/c22-16-4-6-18(7-5-16)27-20(15-8-11-23-12-9-15)13-19(26-27)21(28)25-14-17-3-1-2-10-24-17/h1-13H,14H2,(H,25,28). The highest BCUT2D eigenvalue weighted by Crippen LogP contribution is 2.23. The molecule has 0 fully saturated rings. The first-order valence-electron chi connectivity index (χ1n) is 8.65. The minimum Gasteiger partial charge on any atom is -0.345 e. The lowest BCUT2D eigenvalue weighted by Gasteiger charge is -2.07. The third-order valence-corrected chi connectivity index (χ3v) is 4.15. The highest BCUT2D eigenvalue weighted by atomic mass is 19.1. The molecule has 0 radical (unpaired) electrons. The summed E-state index contributed by atoms with van der Waals surface area (Å²) < 4.78 is 14.9. The molecule has 4 rings (SSSR count). The summed E-state index contributed by atoms with van der Waals surface area (Å²) in [4.78, 5) is 20.8. The van der Waals surface area contributed by atoms with Gasteiger partial charge >= 0.3 is 0 Å². The van der Waals surface area contributed by atoms with Crippen LogP contribution >= 0.6 is 0 Å². The van der Waals surface area contributed by atoms with E-state index in [1.807, 2.05) is 30.3 Å². The number of carbonyl (C=O) groups excluding carboxylic acids is 1. The van der Waals surface area contributed by atoms with E-state index < -0.39 is 0 Å². The summed E-state index contributed by atoms with van der Waals surface area (Å²) in [7, 11) is 0. The Bertz CT molecular complexity index is 1080. The first kappa shape index (κ1) is 17.5. The van der Waals surface area contributed by atoms with Crippen molar-refractivity contribution < 1.29 is 9.18 Å². The van der Waals surface area contributed by atoms with E-state index in [-0.39, 0.29) is 17.4 Å². The average Bonchev–Trinajstić information content (AvgIpc) is 3.19. The van der Waals surface area contributed by atoms with Gasteiger partial charge in [-0.25, -0.2) is 9.07 Å². The summed E-state index contributed by atoms with van der Waals surface area (Å²) >= 11 is 0. The van der Waals surface area contributed by atoms with Crippen LogP contribution in [-0.2, 0) is 6.54 Å². The normalized spacial score (nSPS) is 10.6. The van der Waals surface area contributed by atoms with E-state index in [9.17, 15) is 9.18 Å². The Hall–Kier alpha value is -3.87. The molecule has 0 aliphatic carbocycles. The number of benzene rings is 1. The Kier molecular flexibility index (Phi) is 4.88. The highest BCUT2D eigenvalue weighted by Gasteiger charge is 2.17. The van der Waals surface area contributed by atoms with Gasteiger partial charge in [0.2, 0.25) is 0 Å². The van der Waals surface area contributed by atoms with Crippen LogP contribution in [0.25, 0.3) is 16.9 Å². The van der Waals surface area contributed by atoms with E-state index in [0.717, 1.165) is 11.3 Å². The van der Waals surface area contributed by atoms with Crippen LogP contribution in [0.2, 0.25) is 0 Å². The zero-order valence-electron chi connectivity index (χ0n) is 14.8. The highest BCUT2D eigenvalue weighted by molar-refractivity contribution is 5.93. The molecule has 4 aromatic rings. The van der Waals surface area contributed by atoms with Crippen molar-refractivity contribution in [3.63, 3.8) is 0 Å². The molecule has 0 unspecified atom stereocenters. The number of carbonyl (C=O) groups is 1. The van der Waals surface area contributed by atoms with Crippen molar-refractivity contribution >= 4 is 5.91 Å². The maximum absolute atomic E-state index is 13.3. The summed E-state index contributed by atoms with van der Waals surface area (Å²) in [5.74, 6) is -0.656. The largest absolute Gasteiger partial charge is 0.345 e. The lowest BCUT2D eigenvalue weighted by atomic mass is 10.2. The molecule has 0 spiro atoms. The van der Waals surface area contributed by atoms with Crippen molar-refractivity contribution in [2.45, 2.75) is 6.54 Å². The lowest BCUT2D eigenvalue weighted by molar-refractivity contribution is 0.0945. The molecule has 0 aliphatic rings. The molecule has 0 atom stereocenters. The SMILES string of the molecule is O=C(NCc1ccccn1)c1cc(-c2ccncc2)n(-c2ccc(F)cc2)n1. The number of nitrogens with zero attached hydrogens (tertiary/aromatic N) is 4. The van der Waals surface area contributed by atoms with Crippen LogP contribution in [0.1, 0.15) is 16.2 Å². The lowest BCUT2D eigenvalue weighted by Crippen LogP contribution is -2.23. The first-order chi connectivity index (χ1) is 13.7. The van der Waals surface area contributed by atoms with E-state index in [4.69, 9.17) is 0 Å². The number of halogens is 1. The molecule has 1 N–H and O–H groups in total. The van der Waals surface area contributed by atoms with E-state index in [0.29, 0.717) is 17.9 Å². The van der Waals surface area contributed by atoms with Gasteiger partial charge in [0.05, 0.1) is 23.6 Å². The molecule has 0 saturated heterocycles. The summed E-state index contributed by atoms with van der Waals surface area (Å²) in [6, 6.07) is 16.8. The number of hydrogen-bond acceptors (Lipinski definition) is 4. The Morgan fingerprint density at radius 1 is 1.00 bits per heavy atom. The Balaban J connectivity index is 1.66. The minimum absolute atomic E-state index is 0.257. The Labute approximate surface area is 160 Å². The average molecular weight is 373 g/mol. The van der Waals surface area contributed by atoms with Gasteiger partial charge in [0.15, 0.2) is 5.69 Å². The number of hydrogen-bond donors (Lipinski definition) is 1. The third-order valence-electron chi connectivity index (χ3n) is 4.15. The molecule has 138 valence electrons. The van der Waals surface area contributed by atoms with Crippen LogP contribution < -0.4 is 5.32 Å². The fourth-order valence-electron chi connectivity index (χ4n) is 2.76. The van der Waals surface area contributed by atoms with Crippen LogP contribution in [0.15, 0.2) is 79.3 Å². The molecule has 0 aliphatic heterocycles. The minimum atomic E-state index is -0.338. The monoisotopic (exact) mass is 373 g/mol. The van der Waals surface area contributed by atoms with Gasteiger partial charge in [-0.3, -0.25) is 14.8 Å². The Morgan fingerprint density at radius 2 is 1.79 bits per heavy atom. The van der Waals surface area contributed by atoms with Crippen molar-refractivity contribution in [2.24, 2.45) is 0 Å². The molecule has 1 aromatic carbocycles.